The second-order valence-electron chi connectivity index (χ2n) is 22.8. The number of esters is 1. The first-order chi connectivity index (χ1) is 30.1. The van der Waals surface area contributed by atoms with E-state index in [-0.39, 0.29) is 71.9 Å². The van der Waals surface area contributed by atoms with Gasteiger partial charge in [-0.05, 0) is 179 Å². The summed E-state index contributed by atoms with van der Waals surface area (Å²) in [5.41, 5.74) is 7.00. The van der Waals surface area contributed by atoms with E-state index in [9.17, 15) is 15.0 Å². The second kappa shape index (κ2) is 18.3. The summed E-state index contributed by atoms with van der Waals surface area (Å²) in [6.07, 6.45) is 22.1. The van der Waals surface area contributed by atoms with Crippen molar-refractivity contribution in [1.29, 1.82) is 0 Å². The van der Waals surface area contributed by atoms with E-state index in [1.54, 1.807) is 7.11 Å². The SMILES string of the molecule is CCNC1CCCCC1CC1C=CC2CC(N)NC3C#CCC4CC(O)C(OC)CC4C4OC5C(CCC6C7C(CC(O)CC7OC)CC7(CCC(C7)C1C23)C65)C4COC(C)=O. The number of carbonyl (C=O) groups excluding carboxylic acids is 1. The molecule has 3 aliphatic heterocycles. The summed E-state index contributed by atoms with van der Waals surface area (Å²) in [5.74, 6) is 12.9. The van der Waals surface area contributed by atoms with Crippen molar-refractivity contribution in [3.63, 3.8) is 0 Å². The van der Waals surface area contributed by atoms with Crippen molar-refractivity contribution in [1.82, 2.24) is 10.6 Å². The number of hydrogen-bond acceptors (Lipinski definition) is 10. The van der Waals surface area contributed by atoms with Gasteiger partial charge in [0.2, 0.25) is 0 Å². The van der Waals surface area contributed by atoms with Crippen LogP contribution in [0.4, 0.5) is 0 Å². The molecule has 10 nitrogen and oxygen atoms in total. The molecule has 0 aromatic heterocycles. The summed E-state index contributed by atoms with van der Waals surface area (Å²) < 4.78 is 26.2. The lowest BCUT2D eigenvalue weighted by molar-refractivity contribution is -0.194. The third-order valence-corrected chi connectivity index (χ3v) is 20.0. The summed E-state index contributed by atoms with van der Waals surface area (Å²) in [6.45, 7) is 5.21. The lowest BCUT2D eigenvalue weighted by atomic mass is 9.45. The second-order valence-corrected chi connectivity index (χ2v) is 22.8. The van der Waals surface area contributed by atoms with Gasteiger partial charge in [0.15, 0.2) is 0 Å². The first-order valence-corrected chi connectivity index (χ1v) is 25.7. The van der Waals surface area contributed by atoms with E-state index in [1.807, 2.05) is 7.11 Å². The highest BCUT2D eigenvalue weighted by molar-refractivity contribution is 5.65. The van der Waals surface area contributed by atoms with Gasteiger partial charge in [0.05, 0.1) is 55.4 Å². The molecule has 10 rings (SSSR count). The Bertz CT molecular complexity index is 1680. The van der Waals surface area contributed by atoms with Crippen LogP contribution in [0.2, 0.25) is 0 Å². The molecular formula is C52H81N3O7. The molecule has 346 valence electrons. The van der Waals surface area contributed by atoms with Crippen LogP contribution in [0.5, 0.6) is 0 Å². The monoisotopic (exact) mass is 860 g/mol. The molecule has 7 aliphatic carbocycles. The number of nitrogens with two attached hydrogens (primary N) is 1. The number of ether oxygens (including phenoxy) is 4. The molecule has 0 radical (unpaired) electrons. The predicted molar refractivity (Wildman–Crippen MR) is 238 cm³/mol. The van der Waals surface area contributed by atoms with Crippen molar-refractivity contribution in [2.24, 2.45) is 94.0 Å². The third kappa shape index (κ3) is 7.98. The molecule has 8 fully saturated rings. The van der Waals surface area contributed by atoms with E-state index >= 15 is 0 Å². The number of methoxy groups -OCH3 is 2. The van der Waals surface area contributed by atoms with Gasteiger partial charge in [-0.3, -0.25) is 10.1 Å². The molecule has 1 spiro atoms. The molecule has 2 saturated heterocycles. The fourth-order valence-electron chi connectivity index (χ4n) is 18.0. The van der Waals surface area contributed by atoms with Gasteiger partial charge >= 0.3 is 5.97 Å². The maximum Gasteiger partial charge on any atom is 0.302 e. The van der Waals surface area contributed by atoms with Gasteiger partial charge < -0.3 is 40.2 Å². The first kappa shape index (κ1) is 44.3. The molecule has 0 aromatic rings. The molecule has 0 aromatic carbocycles. The molecule has 62 heavy (non-hydrogen) atoms. The van der Waals surface area contributed by atoms with E-state index in [0.29, 0.717) is 97.0 Å². The Morgan fingerprint density at radius 1 is 0.887 bits per heavy atom. The Morgan fingerprint density at radius 2 is 1.69 bits per heavy atom. The Kier molecular flexibility index (Phi) is 13.0. The molecule has 6 saturated carbocycles. The molecule has 24 unspecified atom stereocenters. The third-order valence-electron chi connectivity index (χ3n) is 20.0. The van der Waals surface area contributed by atoms with Crippen LogP contribution in [0.3, 0.4) is 0 Å². The minimum Gasteiger partial charge on any atom is -0.465 e. The Balaban J connectivity index is 1.10. The van der Waals surface area contributed by atoms with Gasteiger partial charge in [-0.1, -0.05) is 37.8 Å². The zero-order chi connectivity index (χ0) is 42.9. The highest BCUT2D eigenvalue weighted by atomic mass is 16.5. The van der Waals surface area contributed by atoms with Gasteiger partial charge in [0.1, 0.15) is 0 Å². The van der Waals surface area contributed by atoms with Crippen LogP contribution in [-0.4, -0.2) is 98.4 Å². The highest BCUT2D eigenvalue weighted by Gasteiger charge is 2.67. The number of aliphatic hydroxyl groups excluding tert-OH is 2. The zero-order valence-corrected chi connectivity index (χ0v) is 38.4. The summed E-state index contributed by atoms with van der Waals surface area (Å²) in [5, 5.41) is 30.8. The Labute approximate surface area is 372 Å². The molecule has 10 aliphatic rings. The van der Waals surface area contributed by atoms with Gasteiger partial charge in [0.25, 0.3) is 0 Å². The van der Waals surface area contributed by atoms with E-state index in [2.05, 4.69) is 41.6 Å². The number of allylic oxidation sites excluding steroid dienone is 2. The quantitative estimate of drug-likeness (QED) is 0.109. The normalized spacial score (nSPS) is 52.9. The number of rotatable bonds is 8. The lowest BCUT2D eigenvalue weighted by Gasteiger charge is -2.61. The molecule has 0 amide bonds. The summed E-state index contributed by atoms with van der Waals surface area (Å²) >= 11 is 0. The number of nitrogens with one attached hydrogen (secondary N) is 2. The number of hydrogen-bond donors (Lipinski definition) is 5. The maximum absolute atomic E-state index is 12.6. The van der Waals surface area contributed by atoms with Gasteiger partial charge in [-0.15, -0.1) is 5.92 Å². The van der Waals surface area contributed by atoms with Crippen molar-refractivity contribution in [2.75, 3.05) is 27.4 Å². The molecule has 10 heteroatoms. The van der Waals surface area contributed by atoms with E-state index in [4.69, 9.17) is 24.7 Å². The van der Waals surface area contributed by atoms with Crippen molar-refractivity contribution >= 4 is 5.97 Å². The molecular weight excluding hydrogens is 779 g/mol. The minimum atomic E-state index is -0.558. The smallest absolute Gasteiger partial charge is 0.302 e. The van der Waals surface area contributed by atoms with E-state index in [0.717, 1.165) is 45.1 Å². The number of carbonyl (C=O) groups is 1. The maximum atomic E-state index is 12.6. The van der Waals surface area contributed by atoms with Crippen LogP contribution < -0.4 is 16.4 Å². The summed E-state index contributed by atoms with van der Waals surface area (Å²) in [6, 6.07) is 0.608. The van der Waals surface area contributed by atoms with Crippen molar-refractivity contribution in [3.05, 3.63) is 12.2 Å². The van der Waals surface area contributed by atoms with Gasteiger partial charge in [0, 0.05) is 39.5 Å². The minimum absolute atomic E-state index is 0.0143. The van der Waals surface area contributed by atoms with Crippen LogP contribution >= 0.6 is 0 Å². The average Bonchev–Trinajstić information content (AvgIpc) is 3.84. The predicted octanol–water partition coefficient (Wildman–Crippen LogP) is 6.22. The molecule has 6 N–H and O–H groups in total. The number of fused-ring (bicyclic) bond motifs is 7. The Hall–Kier alpha value is -1.55. The van der Waals surface area contributed by atoms with Crippen LogP contribution in [0.1, 0.15) is 123 Å². The van der Waals surface area contributed by atoms with Crippen LogP contribution in [-0.2, 0) is 23.7 Å². The Morgan fingerprint density at radius 3 is 2.50 bits per heavy atom. The first-order valence-electron chi connectivity index (χ1n) is 25.7. The number of piperidine rings is 1. The van der Waals surface area contributed by atoms with Crippen LogP contribution in [0, 0.1) is 100 Å². The summed E-state index contributed by atoms with van der Waals surface area (Å²) in [4.78, 5) is 12.6. The molecule has 24 atom stereocenters. The van der Waals surface area contributed by atoms with Gasteiger partial charge in [-0.25, -0.2) is 0 Å². The van der Waals surface area contributed by atoms with Gasteiger partial charge in [-0.2, -0.15) is 0 Å². The van der Waals surface area contributed by atoms with Crippen molar-refractivity contribution in [3.8, 4) is 11.8 Å². The lowest BCUT2D eigenvalue weighted by Crippen LogP contribution is -2.60. The van der Waals surface area contributed by atoms with Crippen LogP contribution in [0.15, 0.2) is 12.2 Å². The summed E-state index contributed by atoms with van der Waals surface area (Å²) in [7, 11) is 3.61. The van der Waals surface area contributed by atoms with Crippen molar-refractivity contribution in [2.45, 2.75) is 178 Å². The molecule has 3 heterocycles. The molecule has 4 bridgehead atoms. The fraction of sp³-hybridized carbons (Fsp3) is 0.904. The number of aliphatic hydroxyl groups is 2. The standard InChI is InChI=1S/C52H81N3O7/c1-5-54-40-11-7-6-9-30(40)19-31-13-14-32-22-45(53)55-41-12-8-10-29-21-42(58)43(59-3)24-38(29)50-39(27-61-28(2)56)36-15-16-37-47-34(20-35(57)23-44(47)60-4)26-52(49(37)51(36)62-50)18-17-33(25-52)46(31)48(32)41/h13-14,29-51,54-55,57-58H,5-7,9-11,15-27,53H2,1-4H3. The average molecular weight is 860 g/mol. The van der Waals surface area contributed by atoms with Crippen LogP contribution in [0.25, 0.3) is 0 Å². The fourth-order valence-corrected chi connectivity index (χ4v) is 18.0. The highest BCUT2D eigenvalue weighted by Crippen LogP contribution is 2.69. The zero-order valence-electron chi connectivity index (χ0n) is 38.4. The van der Waals surface area contributed by atoms with E-state index < -0.39 is 6.10 Å². The van der Waals surface area contributed by atoms with E-state index in [1.165, 1.54) is 58.3 Å². The topological polar surface area (TPSA) is 145 Å². The van der Waals surface area contributed by atoms with Crippen molar-refractivity contribution < 1.29 is 34.0 Å². The largest absolute Gasteiger partial charge is 0.465 e.